The number of ketones is 1. The highest BCUT2D eigenvalue weighted by Crippen LogP contribution is 2.75. The normalized spacial score (nSPS) is 50.4. The van der Waals surface area contributed by atoms with Crippen LogP contribution in [0.4, 0.5) is 0 Å². The Labute approximate surface area is 393 Å². The summed E-state index contributed by atoms with van der Waals surface area (Å²) < 4.78 is 35.0. The minimum absolute atomic E-state index is 0.0155. The Morgan fingerprint density at radius 3 is 1.85 bits per heavy atom. The predicted octanol–water partition coefficient (Wildman–Crippen LogP) is -0.848. The Kier molecular flexibility index (Phi) is 15.7. The topological polar surface area (TPSA) is 315 Å². The van der Waals surface area contributed by atoms with E-state index >= 15 is 0 Å². The summed E-state index contributed by atoms with van der Waals surface area (Å²) in [6, 6.07) is 0. The minimum Gasteiger partial charge on any atom is -0.394 e. The van der Waals surface area contributed by atoms with Crippen molar-refractivity contribution in [3.8, 4) is 0 Å². The van der Waals surface area contributed by atoms with Crippen LogP contribution >= 0.6 is 0 Å². The summed E-state index contributed by atoms with van der Waals surface area (Å²) in [5.74, 6) is 0.274. The van der Waals surface area contributed by atoms with Crippen molar-refractivity contribution in [3.63, 3.8) is 0 Å². The number of aliphatic hydroxyl groups excluding tert-OH is 12. The van der Waals surface area contributed by atoms with Gasteiger partial charge in [0.25, 0.3) is 0 Å². The van der Waals surface area contributed by atoms with Crippen molar-refractivity contribution in [1.29, 1.82) is 0 Å². The van der Waals surface area contributed by atoms with Gasteiger partial charge in [0, 0.05) is 17.3 Å². The largest absolute Gasteiger partial charge is 0.394 e. The van der Waals surface area contributed by atoms with Gasteiger partial charge in [0.2, 0.25) is 0 Å². The van der Waals surface area contributed by atoms with E-state index in [-0.39, 0.29) is 46.7 Å². The highest BCUT2D eigenvalue weighted by Gasteiger charge is 2.70. The molecule has 3 saturated carbocycles. The number of carbonyl (C=O) groups is 1. The van der Waals surface area contributed by atoms with Crippen molar-refractivity contribution in [3.05, 3.63) is 11.6 Å². The first kappa shape index (κ1) is 53.5. The van der Waals surface area contributed by atoms with Crippen molar-refractivity contribution in [1.82, 2.24) is 0 Å². The number of hydrogen-bond donors (Lipinski definition) is 12. The Bertz CT molecular complexity index is 1760. The molecule has 386 valence electrons. The van der Waals surface area contributed by atoms with Crippen molar-refractivity contribution in [2.24, 2.45) is 45.3 Å². The van der Waals surface area contributed by atoms with Gasteiger partial charge >= 0.3 is 0 Å². The van der Waals surface area contributed by atoms with Gasteiger partial charge in [0.05, 0.1) is 32.0 Å². The Balaban J connectivity index is 1.00. The molecule has 67 heavy (non-hydrogen) atoms. The third-order valence-corrected chi connectivity index (χ3v) is 18.6. The third-order valence-electron chi connectivity index (χ3n) is 18.6. The van der Waals surface area contributed by atoms with E-state index in [1.807, 2.05) is 0 Å². The second kappa shape index (κ2) is 19.6. The van der Waals surface area contributed by atoms with Crippen molar-refractivity contribution in [2.45, 2.75) is 217 Å². The lowest BCUT2D eigenvalue weighted by Crippen LogP contribution is -2.65. The summed E-state index contributed by atoms with van der Waals surface area (Å²) in [6.07, 6.45) is -16.3. The second-order valence-corrected chi connectivity index (χ2v) is 22.8. The number of aliphatic hydroxyl groups is 12. The Morgan fingerprint density at radius 1 is 0.716 bits per heavy atom. The summed E-state index contributed by atoms with van der Waals surface area (Å²) in [4.78, 5) is 13.7. The molecule has 0 bridgehead atoms. The van der Waals surface area contributed by atoms with Gasteiger partial charge in [0.1, 0.15) is 78.8 Å². The molecule has 7 rings (SSSR count). The highest BCUT2D eigenvalue weighted by molar-refractivity contribution is 5.86. The van der Waals surface area contributed by atoms with Crippen LogP contribution in [-0.2, 0) is 33.2 Å². The van der Waals surface area contributed by atoms with Gasteiger partial charge in [-0.3, -0.25) is 4.79 Å². The maximum atomic E-state index is 13.7. The monoisotopic (exact) mass is 961 g/mol. The van der Waals surface area contributed by atoms with Crippen LogP contribution in [0.3, 0.4) is 0 Å². The molecule has 12 N–H and O–H groups in total. The first-order valence-electron chi connectivity index (χ1n) is 24.4. The molecule has 4 aliphatic carbocycles. The molecule has 24 atom stereocenters. The number of ether oxygens (including phenoxy) is 6. The van der Waals surface area contributed by atoms with E-state index in [4.69, 9.17) is 28.4 Å². The zero-order valence-corrected chi connectivity index (χ0v) is 40.2. The van der Waals surface area contributed by atoms with Crippen LogP contribution in [0.15, 0.2) is 11.6 Å². The fourth-order valence-corrected chi connectivity index (χ4v) is 14.0. The van der Waals surface area contributed by atoms with E-state index in [9.17, 15) is 66.1 Å². The number of hydrogen-bond acceptors (Lipinski definition) is 19. The second-order valence-electron chi connectivity index (χ2n) is 22.8. The average molecular weight is 961 g/mol. The maximum Gasteiger partial charge on any atom is 0.187 e. The van der Waals surface area contributed by atoms with Gasteiger partial charge < -0.3 is 89.7 Å². The molecular formula is C48H80O19. The van der Waals surface area contributed by atoms with Crippen LogP contribution in [0.1, 0.15) is 107 Å². The Hall–Kier alpha value is -1.31. The summed E-state index contributed by atoms with van der Waals surface area (Å²) in [6.45, 7) is 14.7. The minimum atomic E-state index is -1.69. The average Bonchev–Trinajstić information content (AvgIpc) is 3.55. The first-order valence-corrected chi connectivity index (χ1v) is 24.4. The smallest absolute Gasteiger partial charge is 0.187 e. The molecule has 0 aromatic heterocycles. The number of allylic oxidation sites excluding steroid dienone is 1. The van der Waals surface area contributed by atoms with E-state index in [0.29, 0.717) is 25.7 Å². The van der Waals surface area contributed by atoms with E-state index in [2.05, 4.69) is 47.6 Å². The molecule has 7 aliphatic rings. The van der Waals surface area contributed by atoms with Gasteiger partial charge in [-0.05, 0) is 93.3 Å². The molecule has 24 unspecified atom stereocenters. The quantitative estimate of drug-likeness (QED) is 0.0944. The van der Waals surface area contributed by atoms with E-state index in [0.717, 1.165) is 24.8 Å². The molecular weight excluding hydrogens is 881 g/mol. The van der Waals surface area contributed by atoms with Crippen LogP contribution in [0, 0.1) is 45.3 Å². The molecule has 19 heteroatoms. The van der Waals surface area contributed by atoms with Crippen LogP contribution in [0.5, 0.6) is 0 Å². The van der Waals surface area contributed by atoms with Crippen LogP contribution in [0.2, 0.25) is 0 Å². The molecule has 0 aromatic rings. The molecule has 3 saturated heterocycles. The molecule has 0 radical (unpaired) electrons. The number of rotatable bonds is 14. The number of Topliss-reactive ketones (excluding diaryl/α,β-unsaturated/α-hetero) is 1. The van der Waals surface area contributed by atoms with Gasteiger partial charge in [-0.15, -0.1) is 0 Å². The zero-order valence-electron chi connectivity index (χ0n) is 40.2. The number of fused-ring (bicyclic) bond motifs is 5. The van der Waals surface area contributed by atoms with E-state index in [1.54, 1.807) is 13.8 Å². The molecule has 0 amide bonds. The molecule has 19 nitrogen and oxygen atoms in total. The summed E-state index contributed by atoms with van der Waals surface area (Å²) in [7, 11) is 0. The summed E-state index contributed by atoms with van der Waals surface area (Å²) in [5.41, 5.74) is -1.72. The lowest BCUT2D eigenvalue weighted by Gasteiger charge is -2.67. The summed E-state index contributed by atoms with van der Waals surface area (Å²) >= 11 is 0. The zero-order chi connectivity index (χ0) is 49.5. The lowest BCUT2D eigenvalue weighted by atomic mass is 9.38. The standard InChI is InChI=1S/C48H80O19/c1-21(9-13-29(51)45(4,5)67-43-40(61)36(57)33(54)26(19-50)64-43)22-15-16-46(6)28-12-10-23-24(48(28,8)30(52)17-47(22,46)7)11-14-31(44(23,2)3)66-42-39(60)37(58)34(55)27(65-42)20-62-41-38(59)35(56)32(53)25(18-49)63-41/h10,21-22,24-28,30-43,49-50,52-61H,9,11-20H2,1-8H3. The fraction of sp³-hybridized carbons (Fsp3) is 0.938. The van der Waals surface area contributed by atoms with Crippen molar-refractivity contribution in [2.75, 3.05) is 19.8 Å². The van der Waals surface area contributed by atoms with Crippen LogP contribution in [0.25, 0.3) is 0 Å². The third kappa shape index (κ3) is 9.04. The molecule has 3 aliphatic heterocycles. The first-order chi connectivity index (χ1) is 31.2. The van der Waals surface area contributed by atoms with Crippen molar-refractivity contribution < 1.29 is 94.5 Å². The molecule has 3 heterocycles. The van der Waals surface area contributed by atoms with Gasteiger partial charge in [-0.2, -0.15) is 0 Å². The maximum absolute atomic E-state index is 13.7. The van der Waals surface area contributed by atoms with Crippen LogP contribution in [-0.4, -0.2) is 197 Å². The van der Waals surface area contributed by atoms with Gasteiger partial charge in [-0.1, -0.05) is 53.2 Å². The SMILES string of the molecule is CC(CCC(=O)C(C)(C)OC1OC(CO)C(O)C(O)C1O)C1CCC2(C)C3CC=C4C(CCC(OC5OC(COC6OC(CO)C(O)C(O)C6O)C(O)C(O)C5O)C4(C)C)C3(C)C(O)CC12C. The fourth-order valence-electron chi connectivity index (χ4n) is 14.0. The molecule has 0 aromatic carbocycles. The van der Waals surface area contributed by atoms with Gasteiger partial charge in [0.15, 0.2) is 24.7 Å². The molecule has 6 fully saturated rings. The van der Waals surface area contributed by atoms with Crippen LogP contribution < -0.4 is 0 Å². The van der Waals surface area contributed by atoms with Gasteiger partial charge in [-0.25, -0.2) is 0 Å². The van der Waals surface area contributed by atoms with E-state index < -0.39 is 141 Å². The Morgan fingerprint density at radius 2 is 1.25 bits per heavy atom. The predicted molar refractivity (Wildman–Crippen MR) is 234 cm³/mol. The number of carbonyl (C=O) groups excluding carboxylic acids is 1. The van der Waals surface area contributed by atoms with E-state index in [1.165, 1.54) is 0 Å². The highest BCUT2D eigenvalue weighted by atomic mass is 16.7. The summed E-state index contributed by atoms with van der Waals surface area (Å²) in [5, 5.41) is 126. The lowest BCUT2D eigenvalue weighted by molar-refractivity contribution is -0.340. The molecule has 0 spiro atoms. The van der Waals surface area contributed by atoms with Crippen molar-refractivity contribution >= 4 is 5.78 Å².